The maximum atomic E-state index is 13.9. The molecule has 32 heavy (non-hydrogen) atoms. The van der Waals surface area contributed by atoms with Crippen LogP contribution in [0.3, 0.4) is 0 Å². The molecule has 0 aliphatic carbocycles. The van der Waals surface area contributed by atoms with Crippen molar-refractivity contribution in [3.63, 3.8) is 0 Å². The molecule has 0 amide bonds. The number of hydrogen-bond donors (Lipinski definition) is 0. The van der Waals surface area contributed by atoms with Gasteiger partial charge in [-0.05, 0) is 42.8 Å². The fourth-order valence-electron chi connectivity index (χ4n) is 4.02. The molecule has 0 aromatic heterocycles. The Morgan fingerprint density at radius 1 is 0.719 bits per heavy atom. The van der Waals surface area contributed by atoms with Gasteiger partial charge >= 0.3 is 0 Å². The van der Waals surface area contributed by atoms with Crippen molar-refractivity contribution in [2.45, 2.75) is 5.66 Å². The van der Waals surface area contributed by atoms with Gasteiger partial charge < -0.3 is 0 Å². The molecule has 0 spiro atoms. The van der Waals surface area contributed by atoms with Crippen LogP contribution >= 0.6 is 14.1 Å². The Morgan fingerprint density at radius 3 is 1.59 bits per heavy atom. The van der Waals surface area contributed by atoms with Crippen molar-refractivity contribution in [1.29, 1.82) is 0 Å². The molecular weight excluding hydrogens is 426 g/mol. The quantitative estimate of drug-likeness (QED) is 0.260. The molecule has 0 fully saturated rings. The van der Waals surface area contributed by atoms with Gasteiger partial charge in [-0.1, -0.05) is 91.0 Å². The Bertz CT molecular complexity index is 1120. The van der Waals surface area contributed by atoms with Gasteiger partial charge in [0.25, 0.3) is 0 Å². The van der Waals surface area contributed by atoms with Crippen LogP contribution in [-0.4, -0.2) is 51.1 Å². The number of carbonyl (C=O) groups is 1. The Labute approximate surface area is 194 Å². The van der Waals surface area contributed by atoms with Gasteiger partial charge in [-0.3, -0.25) is 4.79 Å². The van der Waals surface area contributed by atoms with Gasteiger partial charge in [-0.2, -0.15) is 0 Å². The zero-order valence-electron chi connectivity index (χ0n) is 20.1. The van der Waals surface area contributed by atoms with Gasteiger partial charge in [0.2, 0.25) is 0 Å². The van der Waals surface area contributed by atoms with E-state index in [1.165, 1.54) is 5.56 Å². The van der Waals surface area contributed by atoms with E-state index in [0.29, 0.717) is 0 Å². The minimum Gasteiger partial charge on any atom is -0.289 e. The van der Waals surface area contributed by atoms with Crippen LogP contribution in [0.15, 0.2) is 97.1 Å². The highest BCUT2D eigenvalue weighted by molar-refractivity contribution is 7.77. The summed E-state index contributed by atoms with van der Waals surface area (Å²) in [4.78, 5) is 13.9. The van der Waals surface area contributed by atoms with Crippen LogP contribution in [-0.2, 0) is 0 Å². The highest BCUT2D eigenvalue weighted by Crippen LogP contribution is 2.62. The largest absolute Gasteiger partial charge is 0.289 e. The maximum absolute atomic E-state index is 13.9. The first-order valence-corrected chi connectivity index (χ1v) is 17.3. The molecule has 0 saturated carbocycles. The first kappa shape index (κ1) is 24.4. The zero-order chi connectivity index (χ0) is 23.4. The van der Waals surface area contributed by atoms with E-state index < -0.39 is 14.1 Å². The van der Waals surface area contributed by atoms with E-state index >= 15 is 0 Å². The predicted octanol–water partition coefficient (Wildman–Crippen LogP) is 7.68. The second-order valence-electron chi connectivity index (χ2n) is 9.97. The van der Waals surface area contributed by atoms with Crippen LogP contribution in [0, 0.1) is 0 Å². The van der Waals surface area contributed by atoms with Crippen molar-refractivity contribution >= 4 is 30.8 Å². The van der Waals surface area contributed by atoms with E-state index in [9.17, 15) is 4.79 Å². The summed E-state index contributed by atoms with van der Waals surface area (Å²) in [7, 11) is -1.30. The van der Waals surface area contributed by atoms with Gasteiger partial charge in [-0.25, -0.2) is 0 Å². The van der Waals surface area contributed by atoms with Crippen LogP contribution in [0.4, 0.5) is 0 Å². The summed E-state index contributed by atoms with van der Waals surface area (Å²) in [5, 5.41) is 0.976. The molecular formula is C29H35OP2+. The third kappa shape index (κ3) is 5.98. The van der Waals surface area contributed by atoms with Crippen LogP contribution in [0.1, 0.15) is 27.1 Å². The molecule has 3 rings (SSSR count). The third-order valence-electron chi connectivity index (χ3n) is 5.56. The molecule has 0 radical (unpaired) electrons. The van der Waals surface area contributed by atoms with Gasteiger partial charge in [0.05, 0.1) is 0 Å². The first-order chi connectivity index (χ1) is 15.1. The van der Waals surface area contributed by atoms with Gasteiger partial charge in [-0.15, -0.1) is 6.89 Å². The number of rotatable bonds is 7. The lowest BCUT2D eigenvalue weighted by Gasteiger charge is -2.26. The third-order valence-corrected chi connectivity index (χ3v) is 9.46. The summed E-state index contributed by atoms with van der Waals surface area (Å²) in [6.45, 7) is 12.3. The van der Waals surface area contributed by atoms with Crippen molar-refractivity contribution in [1.82, 2.24) is 0 Å². The Kier molecular flexibility index (Phi) is 7.76. The van der Waals surface area contributed by atoms with E-state index in [-0.39, 0.29) is 11.4 Å². The molecule has 3 aromatic rings. The molecule has 0 saturated heterocycles. The fourth-order valence-corrected chi connectivity index (χ4v) is 7.35. The van der Waals surface area contributed by atoms with Crippen molar-refractivity contribution in [2.24, 2.45) is 0 Å². The summed E-state index contributed by atoms with van der Waals surface area (Å²) in [5.74, 6) is 0.153. The first-order valence-electron chi connectivity index (χ1n) is 11.0. The van der Waals surface area contributed by atoms with E-state index in [0.717, 1.165) is 22.0 Å². The van der Waals surface area contributed by atoms with Crippen molar-refractivity contribution in [3.05, 3.63) is 114 Å². The average Bonchev–Trinajstić information content (AvgIpc) is 2.76. The highest BCUT2D eigenvalue weighted by Gasteiger charge is 2.33. The lowest BCUT2D eigenvalue weighted by atomic mass is 9.95. The van der Waals surface area contributed by atoms with Crippen LogP contribution in [0.2, 0.25) is 0 Å². The molecule has 0 N–H and O–H groups in total. The summed E-state index contributed by atoms with van der Waals surface area (Å²) in [6, 6.07) is 30.9. The molecule has 166 valence electrons. The number of ketones is 1. The van der Waals surface area contributed by atoms with Crippen molar-refractivity contribution in [2.75, 3.05) is 40.0 Å². The van der Waals surface area contributed by atoms with Crippen molar-refractivity contribution in [3.8, 4) is 0 Å². The van der Waals surface area contributed by atoms with Crippen LogP contribution in [0.5, 0.6) is 0 Å². The molecule has 0 aliphatic rings. The number of benzene rings is 3. The Balaban J connectivity index is 2.31. The molecule has 3 aromatic carbocycles. The second kappa shape index (κ2) is 10.2. The summed E-state index contributed by atoms with van der Waals surface area (Å²) in [5.41, 5.74) is 4.59. The van der Waals surface area contributed by atoms with E-state index in [2.05, 4.69) is 101 Å². The van der Waals surface area contributed by atoms with Crippen LogP contribution < -0.4 is 0 Å². The van der Waals surface area contributed by atoms with Gasteiger partial charge in [0.1, 0.15) is 5.66 Å². The maximum Gasteiger partial charge on any atom is 0.193 e. The minimum absolute atomic E-state index is 0.153. The summed E-state index contributed by atoms with van der Waals surface area (Å²) >= 11 is 0. The fraction of sp³-hybridized carbons (Fsp3) is 0.241. The monoisotopic (exact) mass is 461 g/mol. The lowest BCUT2D eigenvalue weighted by Crippen LogP contribution is -2.19. The number of allylic oxidation sites excluding steroid dienone is 2. The molecule has 1 nitrogen and oxygen atoms in total. The molecule has 0 aliphatic heterocycles. The second-order valence-corrected chi connectivity index (χ2v) is 19.2. The molecule has 1 unspecified atom stereocenters. The molecule has 0 heterocycles. The van der Waals surface area contributed by atoms with Gasteiger partial charge in [0, 0.05) is 38.1 Å². The summed E-state index contributed by atoms with van der Waals surface area (Å²) < 4.78 is 0. The highest BCUT2D eigenvalue weighted by atomic mass is 31.2. The lowest BCUT2D eigenvalue weighted by molar-refractivity contribution is 0.106. The molecule has 3 heteroatoms. The SMILES string of the molecule is CP(C)(C)=C(C(=O)c1ccccc1)/C(=C/C(c1ccccc1)[P+](C)(C)C)c1ccccc1. The van der Waals surface area contributed by atoms with Crippen molar-refractivity contribution < 1.29 is 4.79 Å². The van der Waals surface area contributed by atoms with E-state index in [4.69, 9.17) is 0 Å². The van der Waals surface area contributed by atoms with Crippen LogP contribution in [0.25, 0.3) is 5.57 Å². The topological polar surface area (TPSA) is 17.1 Å². The number of carbonyl (C=O) groups excluding carboxylic acids is 1. The Morgan fingerprint density at radius 2 is 1.16 bits per heavy atom. The molecule has 0 bridgehead atoms. The predicted molar refractivity (Wildman–Crippen MR) is 149 cm³/mol. The molecule has 1 atom stereocenters. The normalized spacial score (nSPS) is 13.5. The van der Waals surface area contributed by atoms with E-state index in [1.807, 2.05) is 36.4 Å². The Hall–Kier alpha value is -2.20. The number of Topliss-reactive ketones (excluding diaryl/α,β-unsaturated/α-hetero) is 1. The average molecular weight is 462 g/mol. The van der Waals surface area contributed by atoms with E-state index in [1.54, 1.807) is 0 Å². The zero-order valence-corrected chi connectivity index (χ0v) is 21.9. The van der Waals surface area contributed by atoms with Gasteiger partial charge in [0.15, 0.2) is 5.78 Å². The smallest absolute Gasteiger partial charge is 0.193 e. The standard InChI is InChI=1S/C29H35OP2/c1-31(2,3)27(24-18-12-8-13-19-24)22-26(23-16-10-7-11-17-23)29(32(4,5)6)28(30)25-20-14-9-15-21-25/h7-22,27H,1-6H3/q+1/b26-22+. The minimum atomic E-state index is -1.66. The number of hydrogen-bond acceptors (Lipinski definition) is 1. The summed E-state index contributed by atoms with van der Waals surface area (Å²) in [6.07, 6.45) is 2.40.